The summed E-state index contributed by atoms with van der Waals surface area (Å²) in [5, 5.41) is 7.62. The third-order valence-electron chi connectivity index (χ3n) is 6.30. The average molecular weight is 364 g/mol. The molecule has 0 fully saturated rings. The second-order valence-corrected chi connectivity index (χ2v) is 7.72. The highest BCUT2D eigenvalue weighted by atomic mass is 15.1. The molecule has 136 valence electrons. The summed E-state index contributed by atoms with van der Waals surface area (Å²) in [6, 6.07) is 17.7. The van der Waals surface area contributed by atoms with Crippen LogP contribution in [-0.2, 0) is 14.1 Å². The Balaban J connectivity index is 1.81. The Kier molecular flexibility index (Phi) is 2.85. The number of imidazole rings is 2. The lowest BCUT2D eigenvalue weighted by Crippen LogP contribution is -1.92. The maximum absolute atomic E-state index is 4.69. The predicted octanol–water partition coefficient (Wildman–Crippen LogP) is 5.54. The van der Waals surface area contributed by atoms with Crippen molar-refractivity contribution in [3.8, 4) is 0 Å². The molecule has 0 aliphatic carbocycles. The number of rotatable bonds is 0. The minimum Gasteiger partial charge on any atom is -0.331 e. The van der Waals surface area contributed by atoms with Gasteiger partial charge in [0.1, 0.15) is 11.6 Å². The fourth-order valence-corrected chi connectivity index (χ4v) is 4.69. The van der Waals surface area contributed by atoms with Gasteiger partial charge in [-0.05, 0) is 47.5 Å². The van der Waals surface area contributed by atoms with Crippen LogP contribution in [0.4, 0.5) is 0 Å². The van der Waals surface area contributed by atoms with E-state index >= 15 is 0 Å². The van der Waals surface area contributed by atoms with Crippen molar-refractivity contribution < 1.29 is 0 Å². The Bertz CT molecular complexity index is 1480. The summed E-state index contributed by atoms with van der Waals surface area (Å²) >= 11 is 0. The molecule has 28 heavy (non-hydrogen) atoms. The minimum atomic E-state index is 1.04. The molecule has 2 heterocycles. The van der Waals surface area contributed by atoms with Crippen molar-refractivity contribution in [1.82, 2.24) is 19.1 Å². The summed E-state index contributed by atoms with van der Waals surface area (Å²) in [5.74, 6) is 2.07. The molecule has 4 aromatic carbocycles. The summed E-state index contributed by atoms with van der Waals surface area (Å²) in [5.41, 5.74) is 4.52. The largest absolute Gasteiger partial charge is 0.331 e. The smallest absolute Gasteiger partial charge is 0.106 e. The van der Waals surface area contributed by atoms with E-state index in [0.29, 0.717) is 0 Å². The topological polar surface area (TPSA) is 35.6 Å². The summed E-state index contributed by atoms with van der Waals surface area (Å²) in [6.07, 6.45) is 0. The molecule has 0 radical (unpaired) electrons. The zero-order chi connectivity index (χ0) is 19.2. The zero-order valence-corrected chi connectivity index (χ0v) is 16.4. The van der Waals surface area contributed by atoms with Crippen LogP contribution in [0.1, 0.15) is 11.6 Å². The maximum atomic E-state index is 4.69. The molecular formula is C24H20N4. The van der Waals surface area contributed by atoms with Gasteiger partial charge in [-0.15, -0.1) is 0 Å². The minimum absolute atomic E-state index is 1.04. The number of fused-ring (bicyclic) bond motifs is 9. The van der Waals surface area contributed by atoms with Gasteiger partial charge in [-0.1, -0.05) is 36.4 Å². The number of hydrogen-bond donors (Lipinski definition) is 0. The van der Waals surface area contributed by atoms with Gasteiger partial charge in [0.2, 0.25) is 0 Å². The molecule has 6 aromatic rings. The second kappa shape index (κ2) is 5.10. The molecule has 6 rings (SSSR count). The van der Waals surface area contributed by atoms with Gasteiger partial charge in [0.25, 0.3) is 0 Å². The molecular weight excluding hydrogens is 344 g/mol. The van der Waals surface area contributed by atoms with Crippen LogP contribution in [0.15, 0.2) is 48.5 Å². The van der Waals surface area contributed by atoms with Gasteiger partial charge in [0.05, 0.1) is 22.1 Å². The van der Waals surface area contributed by atoms with E-state index in [1.54, 1.807) is 0 Å². The molecule has 0 N–H and O–H groups in total. The van der Waals surface area contributed by atoms with E-state index in [1.807, 2.05) is 0 Å². The summed E-state index contributed by atoms with van der Waals surface area (Å²) < 4.78 is 4.37. The SMILES string of the molecule is Cc1nc2ccc3c4ccc5c(ccc6nc(C)n(C)c65)c4ccc3c2n1C. The van der Waals surface area contributed by atoms with Crippen molar-refractivity contribution in [2.24, 2.45) is 14.1 Å². The highest BCUT2D eigenvalue weighted by Crippen LogP contribution is 2.36. The Hall–Kier alpha value is -3.40. The fraction of sp³-hybridized carbons (Fsp3) is 0.167. The summed E-state index contributed by atoms with van der Waals surface area (Å²) in [4.78, 5) is 9.38. The molecule has 0 aliphatic rings. The maximum Gasteiger partial charge on any atom is 0.106 e. The van der Waals surface area contributed by atoms with Crippen molar-refractivity contribution >= 4 is 54.4 Å². The van der Waals surface area contributed by atoms with Crippen LogP contribution in [0.25, 0.3) is 54.4 Å². The number of aryl methyl sites for hydroxylation is 4. The monoisotopic (exact) mass is 364 g/mol. The Morgan fingerprint density at radius 3 is 1.25 bits per heavy atom. The van der Waals surface area contributed by atoms with E-state index in [0.717, 1.165) is 22.7 Å². The van der Waals surface area contributed by atoms with Gasteiger partial charge in [-0.25, -0.2) is 9.97 Å². The molecule has 0 amide bonds. The normalized spacial score (nSPS) is 12.3. The lowest BCUT2D eigenvalue weighted by atomic mass is 9.96. The fourth-order valence-electron chi connectivity index (χ4n) is 4.69. The first-order valence-corrected chi connectivity index (χ1v) is 9.58. The van der Waals surface area contributed by atoms with E-state index in [-0.39, 0.29) is 0 Å². The van der Waals surface area contributed by atoms with Gasteiger partial charge >= 0.3 is 0 Å². The quantitative estimate of drug-likeness (QED) is 0.332. The average Bonchev–Trinajstić information content (AvgIpc) is 3.16. The van der Waals surface area contributed by atoms with Gasteiger partial charge in [0, 0.05) is 24.9 Å². The van der Waals surface area contributed by atoms with E-state index in [4.69, 9.17) is 9.97 Å². The van der Waals surface area contributed by atoms with Crippen LogP contribution in [-0.4, -0.2) is 19.1 Å². The number of hydrogen-bond acceptors (Lipinski definition) is 2. The van der Waals surface area contributed by atoms with E-state index in [9.17, 15) is 0 Å². The molecule has 0 saturated heterocycles. The lowest BCUT2D eigenvalue weighted by Gasteiger charge is -2.10. The highest BCUT2D eigenvalue weighted by molar-refractivity contribution is 6.23. The number of nitrogens with zero attached hydrogens (tertiary/aromatic N) is 4. The number of benzene rings is 4. The first-order valence-electron chi connectivity index (χ1n) is 9.58. The summed E-state index contributed by atoms with van der Waals surface area (Å²) in [7, 11) is 4.19. The van der Waals surface area contributed by atoms with Crippen LogP contribution in [0, 0.1) is 13.8 Å². The van der Waals surface area contributed by atoms with Crippen LogP contribution in [0.3, 0.4) is 0 Å². The van der Waals surface area contributed by atoms with Crippen molar-refractivity contribution in [3.05, 3.63) is 60.2 Å². The Morgan fingerprint density at radius 1 is 0.500 bits per heavy atom. The highest BCUT2D eigenvalue weighted by Gasteiger charge is 2.14. The Labute approximate surface area is 162 Å². The van der Waals surface area contributed by atoms with E-state index in [2.05, 4.69) is 85.6 Å². The molecule has 4 heteroatoms. The number of aromatic nitrogens is 4. The van der Waals surface area contributed by atoms with Crippen molar-refractivity contribution in [2.45, 2.75) is 13.8 Å². The molecule has 0 atom stereocenters. The molecule has 4 nitrogen and oxygen atoms in total. The lowest BCUT2D eigenvalue weighted by molar-refractivity contribution is 0.888. The second-order valence-electron chi connectivity index (χ2n) is 7.72. The van der Waals surface area contributed by atoms with E-state index < -0.39 is 0 Å². The Morgan fingerprint density at radius 2 is 0.821 bits per heavy atom. The van der Waals surface area contributed by atoms with Crippen LogP contribution in [0.5, 0.6) is 0 Å². The van der Waals surface area contributed by atoms with Crippen molar-refractivity contribution in [3.63, 3.8) is 0 Å². The molecule has 0 saturated carbocycles. The van der Waals surface area contributed by atoms with Gasteiger partial charge in [-0.2, -0.15) is 0 Å². The first-order chi connectivity index (χ1) is 13.5. The van der Waals surface area contributed by atoms with Crippen molar-refractivity contribution in [1.29, 1.82) is 0 Å². The third kappa shape index (κ3) is 1.80. The standard InChI is InChI=1S/C24H20N4/c1-13-25-21-11-9-17-15-6-8-20-18(10-12-22-24(20)28(4)14(2)26-22)16(15)5-7-19(17)23(21)27(13)3/h5-12H,1-4H3. The van der Waals surface area contributed by atoms with Crippen LogP contribution in [0.2, 0.25) is 0 Å². The van der Waals surface area contributed by atoms with Crippen LogP contribution >= 0.6 is 0 Å². The van der Waals surface area contributed by atoms with Gasteiger partial charge < -0.3 is 9.13 Å². The van der Waals surface area contributed by atoms with Crippen molar-refractivity contribution in [2.75, 3.05) is 0 Å². The molecule has 0 bridgehead atoms. The molecule has 0 unspecified atom stereocenters. The first kappa shape index (κ1) is 15.6. The van der Waals surface area contributed by atoms with Gasteiger partial charge in [0.15, 0.2) is 0 Å². The molecule has 2 aromatic heterocycles. The zero-order valence-electron chi connectivity index (χ0n) is 16.4. The van der Waals surface area contributed by atoms with Crippen LogP contribution < -0.4 is 0 Å². The molecule has 0 spiro atoms. The third-order valence-corrected chi connectivity index (χ3v) is 6.30. The predicted molar refractivity (Wildman–Crippen MR) is 117 cm³/mol. The summed E-state index contributed by atoms with van der Waals surface area (Å²) in [6.45, 7) is 4.11. The van der Waals surface area contributed by atoms with Gasteiger partial charge in [-0.3, -0.25) is 0 Å². The molecule has 0 aliphatic heterocycles. The van der Waals surface area contributed by atoms with E-state index in [1.165, 1.54) is 43.4 Å².